The summed E-state index contributed by atoms with van der Waals surface area (Å²) in [5.41, 5.74) is 4.65. The first-order valence-corrected chi connectivity index (χ1v) is 4.37. The molecule has 0 fully saturated rings. The van der Waals surface area contributed by atoms with E-state index in [1.807, 2.05) is 0 Å². The highest BCUT2D eigenvalue weighted by Crippen LogP contribution is 2.30. The lowest BCUT2D eigenvalue weighted by molar-refractivity contribution is -0.143. The molecule has 0 saturated carbocycles. The second-order valence-electron chi connectivity index (χ2n) is 3.12. The molecular formula is C10H11ClF3NO2. The molecule has 0 aliphatic carbocycles. The van der Waals surface area contributed by atoms with Gasteiger partial charge in [-0.1, -0.05) is 12.1 Å². The lowest BCUT2D eigenvalue weighted by Crippen LogP contribution is -2.23. The van der Waals surface area contributed by atoms with E-state index in [0.717, 1.165) is 19.2 Å². The Morgan fingerprint density at radius 1 is 1.41 bits per heavy atom. The van der Waals surface area contributed by atoms with Gasteiger partial charge >= 0.3 is 12.1 Å². The third-order valence-corrected chi connectivity index (χ3v) is 2.03. The Labute approximate surface area is 102 Å². The van der Waals surface area contributed by atoms with Crippen LogP contribution in [0.1, 0.15) is 17.2 Å². The minimum absolute atomic E-state index is 0. The van der Waals surface area contributed by atoms with Crippen molar-refractivity contribution in [2.24, 2.45) is 5.73 Å². The number of benzene rings is 1. The maximum atomic E-state index is 12.4. The number of hydrogen-bond donors (Lipinski definition) is 1. The van der Waals surface area contributed by atoms with Gasteiger partial charge in [-0.05, 0) is 17.7 Å². The fraction of sp³-hybridized carbons (Fsp3) is 0.300. The number of esters is 1. The van der Waals surface area contributed by atoms with E-state index >= 15 is 0 Å². The van der Waals surface area contributed by atoms with Crippen molar-refractivity contribution in [3.05, 3.63) is 35.4 Å². The number of alkyl halides is 3. The first-order valence-electron chi connectivity index (χ1n) is 4.37. The summed E-state index contributed by atoms with van der Waals surface area (Å²) in [4.78, 5) is 11.0. The summed E-state index contributed by atoms with van der Waals surface area (Å²) in [7, 11) is 1.12. The summed E-state index contributed by atoms with van der Waals surface area (Å²) in [6.45, 7) is 0. The molecule has 0 amide bonds. The van der Waals surface area contributed by atoms with E-state index in [-0.39, 0.29) is 18.0 Å². The molecule has 7 heteroatoms. The fourth-order valence-corrected chi connectivity index (χ4v) is 1.17. The largest absolute Gasteiger partial charge is 0.468 e. The second-order valence-corrected chi connectivity index (χ2v) is 3.12. The first kappa shape index (κ1) is 15.7. The van der Waals surface area contributed by atoms with Gasteiger partial charge in [0.1, 0.15) is 6.04 Å². The van der Waals surface area contributed by atoms with E-state index in [1.165, 1.54) is 12.1 Å². The summed E-state index contributed by atoms with van der Waals surface area (Å²) in [5, 5.41) is 0. The predicted molar refractivity (Wildman–Crippen MR) is 57.6 cm³/mol. The van der Waals surface area contributed by atoms with Gasteiger partial charge in [0.2, 0.25) is 0 Å². The minimum atomic E-state index is -4.45. The average molecular weight is 270 g/mol. The Balaban J connectivity index is 0.00000256. The van der Waals surface area contributed by atoms with Crippen LogP contribution < -0.4 is 5.73 Å². The van der Waals surface area contributed by atoms with Crippen LogP contribution in [-0.4, -0.2) is 13.1 Å². The van der Waals surface area contributed by atoms with Crippen molar-refractivity contribution in [2.75, 3.05) is 7.11 Å². The number of methoxy groups -OCH3 is 1. The number of hydrogen-bond acceptors (Lipinski definition) is 3. The highest BCUT2D eigenvalue weighted by molar-refractivity contribution is 5.85. The predicted octanol–water partition coefficient (Wildman–Crippen LogP) is 2.30. The average Bonchev–Trinajstić information content (AvgIpc) is 2.26. The summed E-state index contributed by atoms with van der Waals surface area (Å²) >= 11 is 0. The molecule has 1 rings (SSSR count). The maximum Gasteiger partial charge on any atom is 0.416 e. The topological polar surface area (TPSA) is 52.3 Å². The quantitative estimate of drug-likeness (QED) is 0.838. The Morgan fingerprint density at radius 2 is 2.00 bits per heavy atom. The Hall–Kier alpha value is -1.27. The summed E-state index contributed by atoms with van der Waals surface area (Å²) in [5.74, 6) is -0.778. The van der Waals surface area contributed by atoms with Crippen molar-refractivity contribution >= 4 is 18.4 Å². The maximum absolute atomic E-state index is 12.4. The third-order valence-electron chi connectivity index (χ3n) is 2.03. The smallest absolute Gasteiger partial charge is 0.416 e. The van der Waals surface area contributed by atoms with Crippen LogP contribution in [0.25, 0.3) is 0 Å². The number of nitrogens with two attached hydrogens (primary N) is 1. The van der Waals surface area contributed by atoms with Crippen LogP contribution in [0.2, 0.25) is 0 Å². The summed E-state index contributed by atoms with van der Waals surface area (Å²) in [6.07, 6.45) is -4.45. The summed E-state index contributed by atoms with van der Waals surface area (Å²) < 4.78 is 41.4. The van der Waals surface area contributed by atoms with Crippen molar-refractivity contribution in [2.45, 2.75) is 12.2 Å². The molecule has 0 saturated heterocycles. The monoisotopic (exact) mass is 269 g/mol. The Morgan fingerprint density at radius 3 is 2.47 bits per heavy atom. The van der Waals surface area contributed by atoms with Gasteiger partial charge in [0, 0.05) is 0 Å². The standard InChI is InChI=1S/C10H10F3NO2.ClH/c1-16-9(15)8(14)6-3-2-4-7(5-6)10(11,12)13;/h2-5,8H,14H2,1H3;1H/t8-;/m1./s1. The van der Waals surface area contributed by atoms with Gasteiger partial charge in [-0.25, -0.2) is 0 Å². The molecule has 96 valence electrons. The van der Waals surface area contributed by atoms with Crippen molar-refractivity contribution in [3.63, 3.8) is 0 Å². The van der Waals surface area contributed by atoms with E-state index in [2.05, 4.69) is 4.74 Å². The molecule has 0 heterocycles. The number of carbonyl (C=O) groups excluding carboxylic acids is 1. The van der Waals surface area contributed by atoms with Crippen LogP contribution in [0.3, 0.4) is 0 Å². The molecule has 1 aromatic rings. The molecule has 1 atom stereocenters. The van der Waals surface area contributed by atoms with Gasteiger partial charge in [0.15, 0.2) is 0 Å². The molecule has 2 N–H and O–H groups in total. The van der Waals surface area contributed by atoms with Gasteiger partial charge in [-0.15, -0.1) is 12.4 Å². The zero-order valence-electron chi connectivity index (χ0n) is 8.82. The van der Waals surface area contributed by atoms with Gasteiger partial charge in [0.25, 0.3) is 0 Å². The minimum Gasteiger partial charge on any atom is -0.468 e. The van der Waals surface area contributed by atoms with Crippen LogP contribution in [0.15, 0.2) is 24.3 Å². The number of carbonyl (C=O) groups is 1. The fourth-order valence-electron chi connectivity index (χ4n) is 1.17. The molecule has 0 radical (unpaired) electrons. The van der Waals surface area contributed by atoms with Crippen LogP contribution in [0, 0.1) is 0 Å². The lowest BCUT2D eigenvalue weighted by Gasteiger charge is -2.12. The van der Waals surface area contributed by atoms with Crippen molar-refractivity contribution in [1.82, 2.24) is 0 Å². The zero-order chi connectivity index (χ0) is 12.3. The van der Waals surface area contributed by atoms with Crippen LogP contribution in [0.4, 0.5) is 13.2 Å². The van der Waals surface area contributed by atoms with E-state index < -0.39 is 23.8 Å². The lowest BCUT2D eigenvalue weighted by atomic mass is 10.0. The molecule has 1 aromatic carbocycles. The van der Waals surface area contributed by atoms with Crippen LogP contribution in [0.5, 0.6) is 0 Å². The molecule has 0 unspecified atom stereocenters. The molecule has 0 bridgehead atoms. The number of ether oxygens (including phenoxy) is 1. The first-order chi connectivity index (χ1) is 7.36. The normalized spacial score (nSPS) is 12.5. The van der Waals surface area contributed by atoms with E-state index in [0.29, 0.717) is 0 Å². The molecule has 0 aliphatic rings. The Bertz CT molecular complexity index is 395. The van der Waals surface area contributed by atoms with Gasteiger partial charge < -0.3 is 10.5 Å². The molecule has 17 heavy (non-hydrogen) atoms. The third kappa shape index (κ3) is 3.90. The van der Waals surface area contributed by atoms with E-state index in [9.17, 15) is 18.0 Å². The molecule has 0 aromatic heterocycles. The highest BCUT2D eigenvalue weighted by Gasteiger charge is 2.31. The van der Waals surface area contributed by atoms with Gasteiger partial charge in [0.05, 0.1) is 12.7 Å². The number of halogens is 4. The van der Waals surface area contributed by atoms with Gasteiger partial charge in [-0.3, -0.25) is 4.79 Å². The van der Waals surface area contributed by atoms with Gasteiger partial charge in [-0.2, -0.15) is 13.2 Å². The van der Waals surface area contributed by atoms with E-state index in [4.69, 9.17) is 5.73 Å². The Kier molecular flexibility index (Phi) is 5.44. The molecular weight excluding hydrogens is 259 g/mol. The SMILES string of the molecule is COC(=O)[C@H](N)c1cccc(C(F)(F)F)c1.Cl. The van der Waals surface area contributed by atoms with Crippen LogP contribution in [-0.2, 0) is 15.7 Å². The van der Waals surface area contributed by atoms with E-state index in [1.54, 1.807) is 0 Å². The second kappa shape index (κ2) is 5.88. The van der Waals surface area contributed by atoms with Crippen molar-refractivity contribution in [1.29, 1.82) is 0 Å². The molecule has 0 aliphatic heterocycles. The number of rotatable bonds is 2. The van der Waals surface area contributed by atoms with Crippen molar-refractivity contribution in [3.8, 4) is 0 Å². The van der Waals surface area contributed by atoms with Crippen LogP contribution >= 0.6 is 12.4 Å². The summed E-state index contributed by atoms with van der Waals surface area (Å²) in [6, 6.07) is 3.08. The zero-order valence-corrected chi connectivity index (χ0v) is 9.64. The van der Waals surface area contributed by atoms with Crippen molar-refractivity contribution < 1.29 is 22.7 Å². The highest BCUT2D eigenvalue weighted by atomic mass is 35.5. The molecule has 3 nitrogen and oxygen atoms in total. The molecule has 0 spiro atoms.